The largest absolute Gasteiger partial charge is 0.496 e. The van der Waals surface area contributed by atoms with Gasteiger partial charge in [-0.1, -0.05) is 24.3 Å². The van der Waals surface area contributed by atoms with Crippen LogP contribution in [0, 0.1) is 0 Å². The average Bonchev–Trinajstić information content (AvgIpc) is 2.61. The van der Waals surface area contributed by atoms with Crippen LogP contribution in [0.5, 0.6) is 11.5 Å². The van der Waals surface area contributed by atoms with Gasteiger partial charge in [0.1, 0.15) is 11.5 Å². The van der Waals surface area contributed by atoms with Gasteiger partial charge in [0, 0.05) is 36.6 Å². The fraction of sp³-hybridized carbons (Fsp3) is 0.263. The van der Waals surface area contributed by atoms with Crippen LogP contribution in [0.3, 0.4) is 0 Å². The van der Waals surface area contributed by atoms with Crippen molar-refractivity contribution in [2.45, 2.75) is 6.42 Å². The van der Waals surface area contributed by atoms with Crippen molar-refractivity contribution < 1.29 is 9.47 Å². The van der Waals surface area contributed by atoms with Crippen molar-refractivity contribution in [3.63, 3.8) is 0 Å². The molecule has 0 atom stereocenters. The summed E-state index contributed by atoms with van der Waals surface area (Å²) in [4.78, 5) is 8.85. The number of ether oxygens (including phenoxy) is 2. The van der Waals surface area contributed by atoms with E-state index in [1.54, 1.807) is 14.2 Å². The molecule has 0 aliphatic carbocycles. The molecular weight excluding hydrogens is 288 g/mol. The molecule has 0 aliphatic heterocycles. The lowest BCUT2D eigenvalue weighted by Crippen LogP contribution is -1.93. The van der Waals surface area contributed by atoms with E-state index in [9.17, 15) is 0 Å². The number of benzene rings is 2. The zero-order valence-corrected chi connectivity index (χ0v) is 13.6. The van der Waals surface area contributed by atoms with Gasteiger partial charge in [-0.05, 0) is 30.7 Å². The number of methoxy groups -OCH3 is 2. The van der Waals surface area contributed by atoms with E-state index in [1.165, 1.54) is 0 Å². The minimum absolute atomic E-state index is 0.737. The standard InChI is InChI=1S/C19H22N2O2/c1-22-18-10-5-3-8-16(18)14-20-12-7-13-21-15-17-9-4-6-11-19(17)23-2/h3-6,8-11,14-15H,7,12-13H2,1-2H3. The lowest BCUT2D eigenvalue weighted by atomic mass is 10.2. The summed E-state index contributed by atoms with van der Waals surface area (Å²) in [7, 11) is 3.33. The normalized spacial score (nSPS) is 11.2. The molecule has 0 aromatic heterocycles. The average molecular weight is 310 g/mol. The van der Waals surface area contributed by atoms with Gasteiger partial charge in [-0.25, -0.2) is 0 Å². The highest BCUT2D eigenvalue weighted by Crippen LogP contribution is 2.15. The maximum atomic E-state index is 5.29. The molecule has 120 valence electrons. The first kappa shape index (κ1) is 16.7. The van der Waals surface area contributed by atoms with Crippen molar-refractivity contribution in [2.75, 3.05) is 27.3 Å². The topological polar surface area (TPSA) is 43.2 Å². The van der Waals surface area contributed by atoms with Gasteiger partial charge in [0.15, 0.2) is 0 Å². The van der Waals surface area contributed by atoms with Gasteiger partial charge in [0.25, 0.3) is 0 Å². The van der Waals surface area contributed by atoms with Crippen molar-refractivity contribution >= 4 is 12.4 Å². The molecule has 0 fully saturated rings. The highest BCUT2D eigenvalue weighted by Gasteiger charge is 1.97. The molecule has 2 aromatic carbocycles. The van der Waals surface area contributed by atoms with Gasteiger partial charge in [0.2, 0.25) is 0 Å². The number of hydrogen-bond acceptors (Lipinski definition) is 4. The Balaban J connectivity index is 1.77. The van der Waals surface area contributed by atoms with Gasteiger partial charge < -0.3 is 9.47 Å². The molecule has 0 bridgehead atoms. The smallest absolute Gasteiger partial charge is 0.127 e. The fourth-order valence-electron chi connectivity index (χ4n) is 2.13. The molecule has 0 radical (unpaired) electrons. The van der Waals surface area contributed by atoms with Crippen LogP contribution >= 0.6 is 0 Å². The van der Waals surface area contributed by atoms with Crippen LogP contribution in [0.1, 0.15) is 17.5 Å². The number of rotatable bonds is 8. The van der Waals surface area contributed by atoms with Crippen LogP contribution in [-0.2, 0) is 0 Å². The molecule has 0 N–H and O–H groups in total. The van der Waals surface area contributed by atoms with Crippen molar-refractivity contribution in [1.82, 2.24) is 0 Å². The molecular formula is C19H22N2O2. The SMILES string of the molecule is COc1ccccc1C=NCCCN=Cc1ccccc1OC. The summed E-state index contributed by atoms with van der Waals surface area (Å²) in [6.07, 6.45) is 4.60. The molecule has 0 aliphatic rings. The van der Waals surface area contributed by atoms with Gasteiger partial charge in [-0.3, -0.25) is 9.98 Å². The third kappa shape index (κ3) is 5.25. The van der Waals surface area contributed by atoms with E-state index < -0.39 is 0 Å². The lowest BCUT2D eigenvalue weighted by Gasteiger charge is -2.03. The first-order chi connectivity index (χ1) is 11.3. The lowest BCUT2D eigenvalue weighted by molar-refractivity contribution is 0.414. The first-order valence-corrected chi connectivity index (χ1v) is 7.61. The van der Waals surface area contributed by atoms with Crippen molar-refractivity contribution in [3.05, 3.63) is 59.7 Å². The van der Waals surface area contributed by atoms with E-state index >= 15 is 0 Å². The second-order valence-electron chi connectivity index (χ2n) is 4.91. The summed E-state index contributed by atoms with van der Waals surface area (Å²) < 4.78 is 10.6. The van der Waals surface area contributed by atoms with E-state index in [-0.39, 0.29) is 0 Å². The Bertz CT molecular complexity index is 608. The second kappa shape index (κ2) is 9.41. The zero-order valence-electron chi connectivity index (χ0n) is 13.6. The number of para-hydroxylation sites is 2. The first-order valence-electron chi connectivity index (χ1n) is 7.61. The van der Waals surface area contributed by atoms with Gasteiger partial charge in [0.05, 0.1) is 14.2 Å². The Morgan fingerprint density at radius 2 is 1.17 bits per heavy atom. The number of hydrogen-bond donors (Lipinski definition) is 0. The summed E-state index contributed by atoms with van der Waals surface area (Å²) in [5.41, 5.74) is 1.99. The van der Waals surface area contributed by atoms with Crippen molar-refractivity contribution in [2.24, 2.45) is 9.98 Å². The number of nitrogens with zero attached hydrogens (tertiary/aromatic N) is 2. The number of aliphatic imine (C=N–C) groups is 2. The van der Waals surface area contributed by atoms with E-state index in [0.29, 0.717) is 0 Å². The van der Waals surface area contributed by atoms with Crippen LogP contribution in [0.4, 0.5) is 0 Å². The van der Waals surface area contributed by atoms with E-state index in [0.717, 1.165) is 42.1 Å². The van der Waals surface area contributed by atoms with Crippen LogP contribution in [0.2, 0.25) is 0 Å². The summed E-state index contributed by atoms with van der Waals surface area (Å²) in [5.74, 6) is 1.68. The van der Waals surface area contributed by atoms with Crippen LogP contribution in [0.25, 0.3) is 0 Å². The Hall–Kier alpha value is -2.62. The monoisotopic (exact) mass is 310 g/mol. The van der Waals surface area contributed by atoms with Crippen LogP contribution < -0.4 is 9.47 Å². The maximum Gasteiger partial charge on any atom is 0.127 e. The molecule has 0 saturated carbocycles. The summed E-state index contributed by atoms with van der Waals surface area (Å²) in [6, 6.07) is 15.7. The molecule has 0 saturated heterocycles. The molecule has 23 heavy (non-hydrogen) atoms. The Morgan fingerprint density at radius 1 is 0.739 bits per heavy atom. The molecule has 4 nitrogen and oxygen atoms in total. The predicted octanol–water partition coefficient (Wildman–Crippen LogP) is 3.63. The van der Waals surface area contributed by atoms with E-state index in [1.807, 2.05) is 61.0 Å². The van der Waals surface area contributed by atoms with Crippen molar-refractivity contribution in [3.8, 4) is 11.5 Å². The molecule has 2 rings (SSSR count). The molecule has 4 heteroatoms. The summed E-state index contributed by atoms with van der Waals surface area (Å²) in [5, 5.41) is 0. The van der Waals surface area contributed by atoms with Crippen LogP contribution in [0.15, 0.2) is 58.5 Å². The minimum Gasteiger partial charge on any atom is -0.496 e. The summed E-state index contributed by atoms with van der Waals surface area (Å²) in [6.45, 7) is 1.47. The molecule has 0 heterocycles. The predicted molar refractivity (Wildman–Crippen MR) is 95.5 cm³/mol. The van der Waals surface area contributed by atoms with Gasteiger partial charge in [-0.15, -0.1) is 0 Å². The minimum atomic E-state index is 0.737. The molecule has 0 spiro atoms. The molecule has 0 unspecified atom stereocenters. The maximum absolute atomic E-state index is 5.29. The third-order valence-electron chi connectivity index (χ3n) is 3.31. The van der Waals surface area contributed by atoms with E-state index in [4.69, 9.17) is 9.47 Å². The van der Waals surface area contributed by atoms with Gasteiger partial charge >= 0.3 is 0 Å². The summed E-state index contributed by atoms with van der Waals surface area (Å²) >= 11 is 0. The third-order valence-corrected chi connectivity index (χ3v) is 3.31. The fourth-order valence-corrected chi connectivity index (χ4v) is 2.13. The molecule has 0 amide bonds. The molecule has 2 aromatic rings. The van der Waals surface area contributed by atoms with Crippen LogP contribution in [-0.4, -0.2) is 39.7 Å². The Kier molecular flexibility index (Phi) is 6.85. The Morgan fingerprint density at radius 3 is 1.61 bits per heavy atom. The highest BCUT2D eigenvalue weighted by molar-refractivity contribution is 5.84. The van der Waals surface area contributed by atoms with Gasteiger partial charge in [-0.2, -0.15) is 0 Å². The second-order valence-corrected chi connectivity index (χ2v) is 4.91. The van der Waals surface area contributed by atoms with Crippen molar-refractivity contribution in [1.29, 1.82) is 0 Å². The van der Waals surface area contributed by atoms with E-state index in [2.05, 4.69) is 9.98 Å². The Labute approximate surface area is 137 Å². The quantitative estimate of drug-likeness (QED) is 0.552. The zero-order chi connectivity index (χ0) is 16.3. The highest BCUT2D eigenvalue weighted by atomic mass is 16.5.